The van der Waals surface area contributed by atoms with Gasteiger partial charge in [-0.1, -0.05) is 6.07 Å². The van der Waals surface area contributed by atoms with Crippen LogP contribution >= 0.6 is 0 Å². The van der Waals surface area contributed by atoms with E-state index in [1.165, 1.54) is 0 Å². The van der Waals surface area contributed by atoms with Gasteiger partial charge in [0.15, 0.2) is 0 Å². The molecular formula is C12H19NO2S. The Balaban J connectivity index is 3.03. The molecule has 0 saturated carbocycles. The van der Waals surface area contributed by atoms with E-state index in [2.05, 4.69) is 4.72 Å². The Morgan fingerprint density at radius 1 is 1.06 bits per heavy atom. The molecule has 0 aliphatic rings. The highest BCUT2D eigenvalue weighted by Gasteiger charge is 2.28. The summed E-state index contributed by atoms with van der Waals surface area (Å²) in [7, 11) is -3.33. The van der Waals surface area contributed by atoms with Crippen molar-refractivity contribution >= 4 is 15.7 Å². The standard InChI is InChI=1S/C12H19NO2S/c1-9-6-7-11(8-10(9)2)13-16(14,15)12(3,4)5/h6-8,13H,1-5H3. The molecule has 1 N–H and O–H groups in total. The van der Waals surface area contributed by atoms with E-state index in [0.29, 0.717) is 5.69 Å². The van der Waals surface area contributed by atoms with Crippen LogP contribution in [0.2, 0.25) is 0 Å². The van der Waals surface area contributed by atoms with Gasteiger partial charge in [0.25, 0.3) is 0 Å². The maximum atomic E-state index is 11.9. The Bertz CT molecular complexity index is 484. The summed E-state index contributed by atoms with van der Waals surface area (Å²) in [6, 6.07) is 5.54. The minimum Gasteiger partial charge on any atom is -0.283 e. The molecule has 0 unspecified atom stereocenters. The largest absolute Gasteiger partial charge is 0.283 e. The van der Waals surface area contributed by atoms with E-state index in [0.717, 1.165) is 11.1 Å². The smallest absolute Gasteiger partial charge is 0.237 e. The van der Waals surface area contributed by atoms with Crippen LogP contribution in [-0.4, -0.2) is 13.2 Å². The van der Waals surface area contributed by atoms with Crippen LogP contribution < -0.4 is 4.72 Å². The summed E-state index contributed by atoms with van der Waals surface area (Å²) in [4.78, 5) is 0. The highest BCUT2D eigenvalue weighted by Crippen LogP contribution is 2.21. The van der Waals surface area contributed by atoms with E-state index in [1.807, 2.05) is 26.0 Å². The zero-order chi connectivity index (χ0) is 12.6. The molecule has 0 atom stereocenters. The molecule has 0 saturated heterocycles. The lowest BCUT2D eigenvalue weighted by Crippen LogP contribution is -2.33. The summed E-state index contributed by atoms with van der Waals surface area (Å²) in [5.74, 6) is 0. The molecule has 4 heteroatoms. The second-order valence-electron chi connectivity index (χ2n) is 5.02. The van der Waals surface area contributed by atoms with Gasteiger partial charge in [-0.25, -0.2) is 8.42 Å². The van der Waals surface area contributed by atoms with Crippen molar-refractivity contribution in [1.29, 1.82) is 0 Å². The molecule has 0 bridgehead atoms. The molecule has 0 heterocycles. The SMILES string of the molecule is Cc1ccc(NS(=O)(=O)C(C)(C)C)cc1C. The van der Waals surface area contributed by atoms with Crippen LogP contribution in [0.5, 0.6) is 0 Å². The van der Waals surface area contributed by atoms with Crippen molar-refractivity contribution in [2.45, 2.75) is 39.4 Å². The molecule has 90 valence electrons. The molecule has 0 radical (unpaired) electrons. The second-order valence-corrected chi connectivity index (χ2v) is 7.45. The lowest BCUT2D eigenvalue weighted by molar-refractivity contribution is 0.566. The molecule has 1 rings (SSSR count). The number of sulfonamides is 1. The van der Waals surface area contributed by atoms with Crippen LogP contribution in [0.1, 0.15) is 31.9 Å². The van der Waals surface area contributed by atoms with E-state index < -0.39 is 14.8 Å². The van der Waals surface area contributed by atoms with E-state index in [9.17, 15) is 8.42 Å². The van der Waals surface area contributed by atoms with E-state index >= 15 is 0 Å². The number of hydrogen-bond donors (Lipinski definition) is 1. The average Bonchev–Trinajstić information content (AvgIpc) is 2.09. The summed E-state index contributed by atoms with van der Waals surface area (Å²) in [5.41, 5.74) is 2.85. The van der Waals surface area contributed by atoms with Gasteiger partial charge in [0, 0.05) is 5.69 Å². The summed E-state index contributed by atoms with van der Waals surface area (Å²) in [6.45, 7) is 8.99. The monoisotopic (exact) mass is 241 g/mol. The molecule has 0 aromatic heterocycles. The van der Waals surface area contributed by atoms with E-state index in [1.54, 1.807) is 26.8 Å². The zero-order valence-corrected chi connectivity index (χ0v) is 11.3. The van der Waals surface area contributed by atoms with Gasteiger partial charge in [-0.2, -0.15) is 0 Å². The first-order valence-corrected chi connectivity index (χ1v) is 6.71. The maximum Gasteiger partial charge on any atom is 0.237 e. The highest BCUT2D eigenvalue weighted by atomic mass is 32.2. The van der Waals surface area contributed by atoms with Gasteiger partial charge in [0.2, 0.25) is 10.0 Å². The summed E-state index contributed by atoms with van der Waals surface area (Å²) in [5, 5.41) is 0. The van der Waals surface area contributed by atoms with Crippen LogP contribution in [0.4, 0.5) is 5.69 Å². The van der Waals surface area contributed by atoms with Crippen molar-refractivity contribution in [2.75, 3.05) is 4.72 Å². The summed E-state index contributed by atoms with van der Waals surface area (Å²) in [6.07, 6.45) is 0. The molecular weight excluding hydrogens is 222 g/mol. The van der Waals surface area contributed by atoms with Gasteiger partial charge >= 0.3 is 0 Å². The number of hydrogen-bond acceptors (Lipinski definition) is 2. The van der Waals surface area contributed by atoms with Crippen molar-refractivity contribution in [1.82, 2.24) is 0 Å². The van der Waals surface area contributed by atoms with Crippen molar-refractivity contribution in [3.63, 3.8) is 0 Å². The molecule has 1 aromatic carbocycles. The number of aryl methyl sites for hydroxylation is 2. The lowest BCUT2D eigenvalue weighted by atomic mass is 10.1. The van der Waals surface area contributed by atoms with Crippen molar-refractivity contribution in [3.8, 4) is 0 Å². The molecule has 0 spiro atoms. The normalized spacial score (nSPS) is 12.6. The number of nitrogens with one attached hydrogen (secondary N) is 1. The van der Waals surface area contributed by atoms with E-state index in [-0.39, 0.29) is 0 Å². The lowest BCUT2D eigenvalue weighted by Gasteiger charge is -2.20. The quantitative estimate of drug-likeness (QED) is 0.865. The van der Waals surface area contributed by atoms with E-state index in [4.69, 9.17) is 0 Å². The van der Waals surface area contributed by atoms with Crippen LogP contribution in [0, 0.1) is 13.8 Å². The highest BCUT2D eigenvalue weighted by molar-refractivity contribution is 7.94. The van der Waals surface area contributed by atoms with Gasteiger partial charge in [0.05, 0.1) is 4.75 Å². The molecule has 0 fully saturated rings. The Labute approximate surface area is 97.9 Å². The van der Waals surface area contributed by atoms with Gasteiger partial charge in [-0.15, -0.1) is 0 Å². The van der Waals surface area contributed by atoms with Gasteiger partial charge in [-0.3, -0.25) is 4.72 Å². The Morgan fingerprint density at radius 3 is 2.06 bits per heavy atom. The average molecular weight is 241 g/mol. The van der Waals surface area contributed by atoms with Crippen LogP contribution in [0.15, 0.2) is 18.2 Å². The number of benzene rings is 1. The van der Waals surface area contributed by atoms with Gasteiger partial charge < -0.3 is 0 Å². The molecule has 3 nitrogen and oxygen atoms in total. The Hall–Kier alpha value is -1.03. The zero-order valence-electron chi connectivity index (χ0n) is 10.5. The first-order chi connectivity index (χ1) is 7.13. The molecule has 0 aliphatic carbocycles. The first-order valence-electron chi connectivity index (χ1n) is 5.23. The van der Waals surface area contributed by atoms with Crippen molar-refractivity contribution in [2.24, 2.45) is 0 Å². The van der Waals surface area contributed by atoms with Crippen LogP contribution in [-0.2, 0) is 10.0 Å². The minimum atomic E-state index is -3.33. The number of anilines is 1. The molecule has 16 heavy (non-hydrogen) atoms. The topological polar surface area (TPSA) is 46.2 Å². The maximum absolute atomic E-state index is 11.9. The van der Waals surface area contributed by atoms with Crippen LogP contribution in [0.25, 0.3) is 0 Å². The fraction of sp³-hybridized carbons (Fsp3) is 0.500. The van der Waals surface area contributed by atoms with Gasteiger partial charge in [0.1, 0.15) is 0 Å². The fourth-order valence-corrected chi connectivity index (χ4v) is 1.86. The third-order valence-electron chi connectivity index (χ3n) is 2.57. The third-order valence-corrected chi connectivity index (χ3v) is 4.68. The minimum absolute atomic E-state index is 0.623. The molecule has 0 aliphatic heterocycles. The fourth-order valence-electron chi connectivity index (χ4n) is 1.11. The Kier molecular flexibility index (Phi) is 3.33. The molecule has 1 aromatic rings. The summed E-state index contributed by atoms with van der Waals surface area (Å²) >= 11 is 0. The van der Waals surface area contributed by atoms with Crippen molar-refractivity contribution in [3.05, 3.63) is 29.3 Å². The van der Waals surface area contributed by atoms with Crippen molar-refractivity contribution < 1.29 is 8.42 Å². The first kappa shape index (κ1) is 13.0. The summed E-state index contributed by atoms with van der Waals surface area (Å²) < 4.78 is 25.6. The third kappa shape index (κ3) is 2.76. The molecule has 0 amide bonds. The van der Waals surface area contributed by atoms with Gasteiger partial charge in [-0.05, 0) is 57.9 Å². The predicted octanol–water partition coefficient (Wildman–Crippen LogP) is 2.84. The predicted molar refractivity (Wildman–Crippen MR) is 68.2 cm³/mol. The number of rotatable bonds is 2. The second kappa shape index (κ2) is 4.09. The Morgan fingerprint density at radius 2 is 1.62 bits per heavy atom. The van der Waals surface area contributed by atoms with Crippen LogP contribution in [0.3, 0.4) is 0 Å².